The third kappa shape index (κ3) is 2.57. The molecular weight excluding hydrogens is 442 g/mol. The fraction of sp³-hybridized carbons (Fsp3) is 0.933. The lowest BCUT2D eigenvalue weighted by molar-refractivity contribution is -0.294. The Morgan fingerprint density at radius 2 is 1.97 bits per heavy atom. The van der Waals surface area contributed by atoms with Gasteiger partial charge < -0.3 is 9.84 Å². The zero-order chi connectivity index (χ0) is 23.7. The Morgan fingerprint density at radius 3 is 2.76 bits per heavy atom. The predicted molar refractivity (Wildman–Crippen MR) is 137 cm³/mol. The standard InChI is InChI=1S/C30H46ClNO2/c1-18-13-24-26(32(16-18)12-11-31)19(2)30(34-24)10-9-29-17-28(30,4)25(29)15-23-22(29)6-5-20-14-21(33)7-8-27(20,23)3/h5,18-19,21-26,33H,6-17H2,1-4H3/t18-,19+,21-,22+,23-,24+,25?,26-,27-,28?,29?,30+/m0/s1. The number of nitrogens with zero attached hydrogens (tertiary/aromatic N) is 1. The van der Waals surface area contributed by atoms with E-state index in [2.05, 4.69) is 38.7 Å². The van der Waals surface area contributed by atoms with Crippen LogP contribution in [0.4, 0.5) is 0 Å². The minimum absolute atomic E-state index is 0.0524. The second-order valence-electron chi connectivity index (χ2n) is 14.5. The molecule has 34 heavy (non-hydrogen) atoms. The van der Waals surface area contributed by atoms with E-state index in [1.807, 2.05) is 0 Å². The van der Waals surface area contributed by atoms with Crippen molar-refractivity contribution in [1.82, 2.24) is 4.90 Å². The number of alkyl halides is 1. The van der Waals surface area contributed by atoms with Gasteiger partial charge in [0.2, 0.25) is 0 Å². The van der Waals surface area contributed by atoms with Gasteiger partial charge in [0.15, 0.2) is 0 Å². The number of rotatable bonds is 2. The molecule has 4 heteroatoms. The topological polar surface area (TPSA) is 32.7 Å². The summed E-state index contributed by atoms with van der Waals surface area (Å²) in [7, 11) is 0. The van der Waals surface area contributed by atoms with Crippen molar-refractivity contribution in [2.75, 3.05) is 19.0 Å². The van der Waals surface area contributed by atoms with Crippen molar-refractivity contribution in [1.29, 1.82) is 0 Å². The number of piperidine rings is 1. The average molecular weight is 488 g/mol. The van der Waals surface area contributed by atoms with Crippen molar-refractivity contribution in [2.24, 2.45) is 45.8 Å². The molecule has 5 saturated carbocycles. The number of halogens is 1. The lowest BCUT2D eigenvalue weighted by Crippen LogP contribution is -2.71. The zero-order valence-electron chi connectivity index (χ0n) is 21.9. The van der Waals surface area contributed by atoms with Crippen molar-refractivity contribution >= 4 is 11.6 Å². The summed E-state index contributed by atoms with van der Waals surface area (Å²) >= 11 is 6.28. The van der Waals surface area contributed by atoms with Crippen LogP contribution >= 0.6 is 11.6 Å². The van der Waals surface area contributed by atoms with Gasteiger partial charge in [-0.3, -0.25) is 4.90 Å². The summed E-state index contributed by atoms with van der Waals surface area (Å²) < 4.78 is 7.38. The third-order valence-electron chi connectivity index (χ3n) is 13.4. The van der Waals surface area contributed by atoms with E-state index < -0.39 is 0 Å². The van der Waals surface area contributed by atoms with Crippen LogP contribution in [0.25, 0.3) is 0 Å². The Morgan fingerprint density at radius 1 is 1.15 bits per heavy atom. The summed E-state index contributed by atoms with van der Waals surface area (Å²) in [5.41, 5.74) is 2.86. The van der Waals surface area contributed by atoms with E-state index in [9.17, 15) is 5.11 Å². The van der Waals surface area contributed by atoms with Crippen LogP contribution in [0.1, 0.15) is 85.5 Å². The van der Waals surface area contributed by atoms with Crippen LogP contribution in [0.15, 0.2) is 11.6 Å². The van der Waals surface area contributed by atoms with Crippen molar-refractivity contribution in [3.63, 3.8) is 0 Å². The lowest BCUT2D eigenvalue weighted by Gasteiger charge is -2.73. The highest BCUT2D eigenvalue weighted by molar-refractivity contribution is 6.18. The molecule has 7 fully saturated rings. The fourth-order valence-corrected chi connectivity index (χ4v) is 12.3. The molecule has 3 nitrogen and oxygen atoms in total. The molecule has 6 aliphatic carbocycles. The summed E-state index contributed by atoms with van der Waals surface area (Å²) in [5, 5.41) is 10.4. The monoisotopic (exact) mass is 487 g/mol. The van der Waals surface area contributed by atoms with Gasteiger partial charge in [0.25, 0.3) is 0 Å². The number of fused-ring (bicyclic) bond motifs is 5. The van der Waals surface area contributed by atoms with Crippen LogP contribution < -0.4 is 0 Å². The smallest absolute Gasteiger partial charge is 0.0784 e. The normalized spacial score (nSPS) is 60.1. The largest absolute Gasteiger partial charge is 0.393 e. The van der Waals surface area contributed by atoms with E-state index in [1.54, 1.807) is 5.57 Å². The summed E-state index contributed by atoms with van der Waals surface area (Å²) in [6.07, 6.45) is 13.9. The van der Waals surface area contributed by atoms with Gasteiger partial charge in [-0.2, -0.15) is 0 Å². The Bertz CT molecular complexity index is 906. The quantitative estimate of drug-likeness (QED) is 0.381. The lowest BCUT2D eigenvalue weighted by atomic mass is 9.33. The molecule has 0 radical (unpaired) electrons. The maximum atomic E-state index is 10.4. The Balaban J connectivity index is 1.21. The number of ether oxygens (including phenoxy) is 1. The molecule has 2 saturated heterocycles. The van der Waals surface area contributed by atoms with E-state index in [1.165, 1.54) is 51.5 Å². The van der Waals surface area contributed by atoms with Crippen molar-refractivity contribution < 1.29 is 9.84 Å². The van der Waals surface area contributed by atoms with Gasteiger partial charge in [0.1, 0.15) is 0 Å². The molecule has 0 aromatic heterocycles. The van der Waals surface area contributed by atoms with Crippen LogP contribution in [-0.4, -0.2) is 52.8 Å². The number of hydrogen-bond donors (Lipinski definition) is 1. The van der Waals surface area contributed by atoms with Crippen LogP contribution in [0.2, 0.25) is 0 Å². The van der Waals surface area contributed by atoms with Crippen LogP contribution in [0, 0.1) is 45.8 Å². The highest BCUT2D eigenvalue weighted by Crippen LogP contribution is 2.84. The maximum Gasteiger partial charge on any atom is 0.0784 e. The van der Waals surface area contributed by atoms with Crippen molar-refractivity contribution in [2.45, 2.75) is 109 Å². The van der Waals surface area contributed by atoms with Crippen molar-refractivity contribution in [3.05, 3.63) is 11.6 Å². The molecular formula is C30H46ClNO2. The van der Waals surface area contributed by atoms with Gasteiger partial charge >= 0.3 is 0 Å². The molecule has 8 rings (SSSR count). The molecule has 0 aromatic carbocycles. The molecule has 8 aliphatic rings. The molecule has 190 valence electrons. The Labute approximate surface area is 212 Å². The summed E-state index contributed by atoms with van der Waals surface area (Å²) in [5.74, 6) is 4.51. The van der Waals surface area contributed by atoms with Gasteiger partial charge in [0, 0.05) is 36.3 Å². The van der Waals surface area contributed by atoms with E-state index >= 15 is 0 Å². The van der Waals surface area contributed by atoms with Gasteiger partial charge in [-0.25, -0.2) is 0 Å². The first kappa shape index (κ1) is 23.1. The number of likely N-dealkylation sites (tertiary alicyclic amines) is 1. The Kier molecular flexibility index (Phi) is 4.93. The van der Waals surface area contributed by atoms with E-state index in [4.69, 9.17) is 16.3 Å². The highest BCUT2D eigenvalue weighted by atomic mass is 35.5. The molecule has 2 heterocycles. The molecule has 3 unspecified atom stereocenters. The van der Waals surface area contributed by atoms with Crippen LogP contribution in [-0.2, 0) is 4.74 Å². The molecule has 2 aliphatic heterocycles. The zero-order valence-corrected chi connectivity index (χ0v) is 22.6. The van der Waals surface area contributed by atoms with Crippen LogP contribution in [0.3, 0.4) is 0 Å². The first-order valence-electron chi connectivity index (χ1n) is 14.5. The van der Waals surface area contributed by atoms with E-state index in [-0.39, 0.29) is 11.7 Å². The Hall–Kier alpha value is -0.0900. The summed E-state index contributed by atoms with van der Waals surface area (Å²) in [4.78, 5) is 2.70. The molecule has 2 spiro atoms. The van der Waals surface area contributed by atoms with Gasteiger partial charge in [-0.1, -0.05) is 39.3 Å². The highest BCUT2D eigenvalue weighted by Gasteiger charge is 2.81. The van der Waals surface area contributed by atoms with Gasteiger partial charge in [-0.05, 0) is 92.3 Å². The molecule has 12 atom stereocenters. The molecule has 1 N–H and O–H groups in total. The van der Waals surface area contributed by atoms with Crippen LogP contribution in [0.5, 0.6) is 0 Å². The second kappa shape index (κ2) is 7.27. The molecule has 0 amide bonds. The first-order chi connectivity index (χ1) is 16.2. The van der Waals surface area contributed by atoms with E-state index in [0.717, 1.165) is 43.0 Å². The van der Waals surface area contributed by atoms with Gasteiger partial charge in [0.05, 0.1) is 17.8 Å². The summed E-state index contributed by atoms with van der Waals surface area (Å²) in [6.45, 7) is 12.4. The van der Waals surface area contributed by atoms with Gasteiger partial charge in [-0.15, -0.1) is 11.6 Å². The molecule has 2 bridgehead atoms. The first-order valence-corrected chi connectivity index (χ1v) is 15.1. The maximum absolute atomic E-state index is 10.4. The third-order valence-corrected chi connectivity index (χ3v) is 13.6. The SMILES string of the molecule is C[C@H]1C[C@H]2O[C@]3(CCC45CC3(C)C4C[C@H]3[C@H]5CC=C4C[C@@H](O)CC[C@@]43C)[C@H](C)[C@@H]2N(CCCl)C1. The minimum atomic E-state index is -0.110. The van der Waals surface area contributed by atoms with Crippen molar-refractivity contribution in [3.8, 4) is 0 Å². The average Bonchev–Trinajstić information content (AvgIpc) is 3.22. The van der Waals surface area contributed by atoms with E-state index in [0.29, 0.717) is 40.2 Å². The number of allylic oxidation sites excluding steroid dienone is 1. The number of aliphatic hydroxyl groups is 1. The number of aliphatic hydroxyl groups excluding tert-OH is 1. The predicted octanol–water partition coefficient (Wildman–Crippen LogP) is 6.03. The minimum Gasteiger partial charge on any atom is -0.393 e. The summed E-state index contributed by atoms with van der Waals surface area (Å²) in [6, 6.07) is 0.550. The number of hydrogen-bond acceptors (Lipinski definition) is 3. The fourth-order valence-electron chi connectivity index (χ4n) is 12.1. The molecule has 0 aromatic rings. The second-order valence-corrected chi connectivity index (χ2v) is 14.8.